The van der Waals surface area contributed by atoms with E-state index in [0.717, 1.165) is 12.3 Å². The van der Waals surface area contributed by atoms with Crippen molar-refractivity contribution in [3.8, 4) is 5.75 Å². The molecule has 2 aromatic rings. The summed E-state index contributed by atoms with van der Waals surface area (Å²) in [4.78, 5) is 14.5. The van der Waals surface area contributed by atoms with Gasteiger partial charge in [-0.1, -0.05) is 14.4 Å². The number of hydrogen-bond donors (Lipinski definition) is 0. The van der Waals surface area contributed by atoms with Gasteiger partial charge in [-0.05, 0) is 30.5 Å². The number of amides is 1. The van der Waals surface area contributed by atoms with Crippen molar-refractivity contribution in [3.63, 3.8) is 0 Å². The van der Waals surface area contributed by atoms with E-state index in [1.54, 1.807) is 0 Å². The number of hydrogen-bond acceptors (Lipinski definition) is 6. The van der Waals surface area contributed by atoms with Crippen molar-refractivity contribution in [1.82, 2.24) is 10.1 Å². The van der Waals surface area contributed by atoms with E-state index in [4.69, 9.17) is 9.05 Å². The van der Waals surface area contributed by atoms with Gasteiger partial charge in [0.2, 0.25) is 5.76 Å². The third kappa shape index (κ3) is 4.88. The van der Waals surface area contributed by atoms with E-state index >= 15 is 0 Å². The summed E-state index contributed by atoms with van der Waals surface area (Å²) in [5.74, 6) is -4.58. The van der Waals surface area contributed by atoms with Gasteiger partial charge in [0, 0.05) is 37.8 Å². The van der Waals surface area contributed by atoms with Crippen LogP contribution in [0.3, 0.4) is 0 Å². The van der Waals surface area contributed by atoms with Gasteiger partial charge >= 0.3 is 11.3 Å². The lowest BCUT2D eigenvalue weighted by molar-refractivity contribution is -0.0105. The second-order valence-electron chi connectivity index (χ2n) is 8.46. The van der Waals surface area contributed by atoms with Crippen molar-refractivity contribution >= 4 is 33.8 Å². The Balaban J connectivity index is 1.61. The molecule has 180 valence electrons. The standard InChI is InChI=1S/C19H20F4N2O5P2S/c1-17(20,21)15-6-14(24-29-15)18-7-10(18)8-25(9-18)16(26)12-5-11(33(2,27)28)3-4-13(12)30-32-19(22,23)31/h3-6,10,32H,7-9,31H2,1-2H3. The van der Waals surface area contributed by atoms with Crippen LogP contribution in [-0.4, -0.2) is 49.1 Å². The molecule has 7 nitrogen and oxygen atoms in total. The predicted molar refractivity (Wildman–Crippen MR) is 115 cm³/mol. The maximum atomic E-state index is 13.5. The molecule has 0 bridgehead atoms. The second kappa shape index (κ2) is 7.89. The van der Waals surface area contributed by atoms with Crippen LogP contribution in [-0.2, 0) is 21.2 Å². The molecule has 0 spiro atoms. The fourth-order valence-corrected chi connectivity index (χ4v) is 5.29. The van der Waals surface area contributed by atoms with Crippen LogP contribution >= 0.6 is 18.0 Å². The molecule has 2 aliphatic rings. The topological polar surface area (TPSA) is 89.7 Å². The van der Waals surface area contributed by atoms with E-state index in [-0.39, 0.29) is 35.2 Å². The molecular weight excluding hydrogens is 506 g/mol. The Labute approximate surface area is 191 Å². The van der Waals surface area contributed by atoms with Crippen molar-refractivity contribution in [1.29, 1.82) is 0 Å². The first-order chi connectivity index (χ1) is 15.1. The van der Waals surface area contributed by atoms with Gasteiger partial charge in [0.15, 0.2) is 9.84 Å². The molecule has 1 aromatic carbocycles. The lowest BCUT2D eigenvalue weighted by Gasteiger charge is -2.22. The molecule has 1 aliphatic heterocycles. The van der Waals surface area contributed by atoms with Gasteiger partial charge in [0.1, 0.15) is 14.6 Å². The molecule has 0 radical (unpaired) electrons. The van der Waals surface area contributed by atoms with E-state index < -0.39 is 47.1 Å². The third-order valence-corrected chi connectivity index (χ3v) is 7.85. The molecule has 4 rings (SSSR count). The number of carbonyl (C=O) groups excluding carboxylic acids is 1. The first-order valence-electron chi connectivity index (χ1n) is 9.70. The second-order valence-corrected chi connectivity index (χ2v) is 12.9. The minimum absolute atomic E-state index is 0.0365. The highest BCUT2D eigenvalue weighted by molar-refractivity contribution is 7.90. The number of rotatable bonds is 7. The molecule has 2 heterocycles. The number of benzene rings is 1. The summed E-state index contributed by atoms with van der Waals surface area (Å²) in [7, 11) is -3.66. The van der Waals surface area contributed by atoms with Gasteiger partial charge in [0.25, 0.3) is 5.91 Å². The number of fused-ring (bicyclic) bond motifs is 1. The Bertz CT molecular complexity index is 1210. The van der Waals surface area contributed by atoms with Gasteiger partial charge < -0.3 is 13.9 Å². The Morgan fingerprint density at radius 2 is 2.03 bits per heavy atom. The minimum Gasteiger partial charge on any atom is -0.470 e. The SMILES string of the molecule is CC(F)(F)c1cc(C23CC2CN(C(=O)c2cc(S(C)(=O)=O)ccc2OPC(F)(F)P)C3)no1. The van der Waals surface area contributed by atoms with Crippen molar-refractivity contribution in [2.45, 2.75) is 35.0 Å². The van der Waals surface area contributed by atoms with Crippen molar-refractivity contribution < 1.29 is 39.8 Å². The van der Waals surface area contributed by atoms with Crippen molar-refractivity contribution in [2.75, 3.05) is 19.3 Å². The number of piperidine rings is 1. The fraction of sp³-hybridized carbons (Fsp3) is 0.474. The van der Waals surface area contributed by atoms with Crippen LogP contribution in [0.4, 0.5) is 17.6 Å². The number of aromatic nitrogens is 1. The highest BCUT2D eigenvalue weighted by Gasteiger charge is 2.63. The number of nitrogens with zero attached hydrogens (tertiary/aromatic N) is 2. The first-order valence-corrected chi connectivity index (χ1v) is 13.1. The molecule has 0 N–H and O–H groups in total. The highest BCUT2D eigenvalue weighted by atomic mass is 32.2. The van der Waals surface area contributed by atoms with Crippen LogP contribution < -0.4 is 4.52 Å². The zero-order valence-corrected chi connectivity index (χ0v) is 20.4. The van der Waals surface area contributed by atoms with Crippen LogP contribution in [0.25, 0.3) is 0 Å². The average molecular weight is 526 g/mol. The van der Waals surface area contributed by atoms with Crippen LogP contribution in [0.1, 0.15) is 35.2 Å². The van der Waals surface area contributed by atoms with E-state index in [0.29, 0.717) is 19.0 Å². The molecule has 4 atom stereocenters. The zero-order valence-electron chi connectivity index (χ0n) is 17.4. The summed E-state index contributed by atoms with van der Waals surface area (Å²) < 4.78 is 87.5. The summed E-state index contributed by atoms with van der Waals surface area (Å²) >= 11 is 0. The van der Waals surface area contributed by atoms with Crippen molar-refractivity contribution in [2.24, 2.45) is 5.92 Å². The number of sulfone groups is 1. The van der Waals surface area contributed by atoms with Gasteiger partial charge in [-0.15, -0.1) is 0 Å². The molecule has 14 heteroatoms. The largest absolute Gasteiger partial charge is 0.470 e. The molecule has 33 heavy (non-hydrogen) atoms. The number of halogens is 4. The summed E-state index contributed by atoms with van der Waals surface area (Å²) in [5.41, 5.74) is -0.477. The Hall–Kier alpha value is -1.77. The lowest BCUT2D eigenvalue weighted by Crippen LogP contribution is -2.33. The number of likely N-dealkylation sites (tertiary alicyclic amines) is 1. The Morgan fingerprint density at radius 1 is 1.33 bits per heavy atom. The quantitative estimate of drug-likeness (QED) is 0.400. The van der Waals surface area contributed by atoms with Gasteiger partial charge in [-0.25, -0.2) is 8.42 Å². The van der Waals surface area contributed by atoms with E-state index in [9.17, 15) is 30.8 Å². The van der Waals surface area contributed by atoms with Crippen molar-refractivity contribution in [3.05, 3.63) is 41.3 Å². The van der Waals surface area contributed by atoms with E-state index in [1.165, 1.54) is 32.3 Å². The molecule has 1 saturated heterocycles. The van der Waals surface area contributed by atoms with Gasteiger partial charge in [-0.2, -0.15) is 17.6 Å². The lowest BCUT2D eigenvalue weighted by atomic mass is 10.0. The van der Waals surface area contributed by atoms with E-state index in [2.05, 4.69) is 5.16 Å². The summed E-state index contributed by atoms with van der Waals surface area (Å²) in [6.07, 6.45) is 1.59. The number of carbonyl (C=O) groups is 1. The van der Waals surface area contributed by atoms with Crippen LogP contribution in [0, 0.1) is 5.92 Å². The molecule has 1 saturated carbocycles. The molecule has 1 aliphatic carbocycles. The number of alkyl halides is 4. The maximum Gasteiger partial charge on any atom is 0.307 e. The molecule has 2 fully saturated rings. The molecule has 1 aromatic heterocycles. The Morgan fingerprint density at radius 3 is 2.61 bits per heavy atom. The zero-order chi connectivity index (χ0) is 24.4. The van der Waals surface area contributed by atoms with Crippen LogP contribution in [0.5, 0.6) is 5.75 Å². The van der Waals surface area contributed by atoms with Gasteiger partial charge in [-0.3, -0.25) is 4.79 Å². The highest BCUT2D eigenvalue weighted by Crippen LogP contribution is 2.59. The minimum atomic E-state index is -3.68. The van der Waals surface area contributed by atoms with Crippen LogP contribution in [0.2, 0.25) is 0 Å². The third-order valence-electron chi connectivity index (χ3n) is 5.79. The smallest absolute Gasteiger partial charge is 0.307 e. The summed E-state index contributed by atoms with van der Waals surface area (Å²) in [5, 5.41) is 0.562. The normalized spacial score (nSPS) is 23.2. The monoisotopic (exact) mass is 526 g/mol. The average Bonchev–Trinajstić information content (AvgIpc) is 3.07. The molecule has 4 unspecified atom stereocenters. The summed E-state index contributed by atoms with van der Waals surface area (Å²) in [6.45, 7) is 1.11. The predicted octanol–water partition coefficient (Wildman–Crippen LogP) is 4.00. The fourth-order valence-electron chi connectivity index (χ4n) is 4.04. The van der Waals surface area contributed by atoms with Crippen LogP contribution in [0.15, 0.2) is 33.7 Å². The summed E-state index contributed by atoms with van der Waals surface area (Å²) in [6, 6.07) is 4.64. The first kappa shape index (κ1) is 24.4. The Kier molecular flexibility index (Phi) is 5.82. The van der Waals surface area contributed by atoms with E-state index in [1.807, 2.05) is 0 Å². The molecular formula is C19H20F4N2O5P2S. The maximum absolute atomic E-state index is 13.5. The molecule has 1 amide bonds. The van der Waals surface area contributed by atoms with Gasteiger partial charge in [0.05, 0.1) is 16.2 Å².